The molecule has 1 atom stereocenters. The molecule has 0 aromatic carbocycles. The summed E-state index contributed by atoms with van der Waals surface area (Å²) in [5.41, 5.74) is 7.12. The number of piperidine rings is 1. The van der Waals surface area contributed by atoms with E-state index in [9.17, 15) is 4.79 Å². The van der Waals surface area contributed by atoms with Gasteiger partial charge in [-0.2, -0.15) is 5.10 Å². The van der Waals surface area contributed by atoms with Crippen LogP contribution in [0, 0.1) is 6.92 Å². The van der Waals surface area contributed by atoms with E-state index in [1.165, 1.54) is 0 Å². The number of hydrogen-bond acceptors (Lipinski definition) is 4. The lowest BCUT2D eigenvalue weighted by atomic mass is 10.1. The third-order valence-corrected chi connectivity index (χ3v) is 4.21. The minimum atomic E-state index is -0.00514. The second-order valence-electron chi connectivity index (χ2n) is 5.71. The van der Waals surface area contributed by atoms with Gasteiger partial charge in [-0.1, -0.05) is 6.92 Å². The Bertz CT molecular complexity index is 471. The van der Waals surface area contributed by atoms with Crippen LogP contribution in [0.4, 0.5) is 0 Å². The molecule has 0 aliphatic carbocycles. The third-order valence-electron chi connectivity index (χ3n) is 4.21. The van der Waals surface area contributed by atoms with Crippen LogP contribution in [0.5, 0.6) is 0 Å². The first-order valence-electron chi connectivity index (χ1n) is 7.91. The van der Waals surface area contributed by atoms with Gasteiger partial charge in [0.2, 0.25) is 0 Å². The topological polar surface area (TPSA) is 76.2 Å². The molecule has 0 spiro atoms. The molecule has 0 bridgehead atoms. The SMILES string of the molecule is CCN1CCCC(NC(=O)c2cnn(CCCN)c2C)C1. The molecule has 21 heavy (non-hydrogen) atoms. The number of rotatable bonds is 6. The number of amides is 1. The van der Waals surface area contributed by atoms with Gasteiger partial charge in [-0.15, -0.1) is 0 Å². The molecule has 6 nitrogen and oxygen atoms in total. The van der Waals surface area contributed by atoms with Gasteiger partial charge in [-0.25, -0.2) is 0 Å². The van der Waals surface area contributed by atoms with Gasteiger partial charge in [-0.05, 0) is 45.8 Å². The number of carbonyl (C=O) groups excluding carboxylic acids is 1. The molecule has 6 heteroatoms. The number of likely N-dealkylation sites (N-methyl/N-ethyl adjacent to an activating group) is 1. The summed E-state index contributed by atoms with van der Waals surface area (Å²) in [5, 5.41) is 7.44. The monoisotopic (exact) mass is 293 g/mol. The lowest BCUT2D eigenvalue weighted by molar-refractivity contribution is 0.0905. The highest BCUT2D eigenvalue weighted by Gasteiger charge is 2.22. The number of nitrogens with two attached hydrogens (primary N) is 1. The van der Waals surface area contributed by atoms with Crippen LogP contribution in [-0.2, 0) is 6.54 Å². The smallest absolute Gasteiger partial charge is 0.255 e. The van der Waals surface area contributed by atoms with Crippen molar-refractivity contribution in [3.8, 4) is 0 Å². The predicted molar refractivity (Wildman–Crippen MR) is 83.2 cm³/mol. The van der Waals surface area contributed by atoms with Gasteiger partial charge >= 0.3 is 0 Å². The average Bonchev–Trinajstić information content (AvgIpc) is 2.86. The summed E-state index contributed by atoms with van der Waals surface area (Å²) in [6.45, 7) is 8.63. The summed E-state index contributed by atoms with van der Waals surface area (Å²) in [6.07, 6.45) is 4.75. The standard InChI is InChI=1S/C15H27N5O/c1-3-19-8-4-6-13(11-19)18-15(21)14-10-17-20(12(14)2)9-5-7-16/h10,13H,3-9,11,16H2,1-2H3,(H,18,21). The first-order chi connectivity index (χ1) is 10.2. The Labute approximate surface area is 126 Å². The fourth-order valence-corrected chi connectivity index (χ4v) is 2.86. The molecule has 3 N–H and O–H groups in total. The number of likely N-dealkylation sites (tertiary alicyclic amines) is 1. The molecule has 1 saturated heterocycles. The number of nitrogens with zero attached hydrogens (tertiary/aromatic N) is 3. The molecular weight excluding hydrogens is 266 g/mol. The third kappa shape index (κ3) is 4.04. The number of aryl methyl sites for hydroxylation is 1. The summed E-state index contributed by atoms with van der Waals surface area (Å²) < 4.78 is 1.86. The lowest BCUT2D eigenvalue weighted by Gasteiger charge is -2.32. The van der Waals surface area contributed by atoms with E-state index in [1.807, 2.05) is 11.6 Å². The van der Waals surface area contributed by atoms with E-state index in [-0.39, 0.29) is 11.9 Å². The van der Waals surface area contributed by atoms with E-state index < -0.39 is 0 Å². The highest BCUT2D eigenvalue weighted by molar-refractivity contribution is 5.95. The van der Waals surface area contributed by atoms with E-state index in [4.69, 9.17) is 5.73 Å². The molecule has 1 fully saturated rings. The highest BCUT2D eigenvalue weighted by atomic mass is 16.1. The molecule has 118 valence electrons. The maximum Gasteiger partial charge on any atom is 0.255 e. The molecule has 0 saturated carbocycles. The lowest BCUT2D eigenvalue weighted by Crippen LogP contribution is -2.47. The zero-order chi connectivity index (χ0) is 15.2. The van der Waals surface area contributed by atoms with Crippen molar-refractivity contribution < 1.29 is 4.79 Å². The Morgan fingerprint density at radius 3 is 3.10 bits per heavy atom. The Morgan fingerprint density at radius 1 is 1.57 bits per heavy atom. The van der Waals surface area contributed by atoms with Crippen LogP contribution >= 0.6 is 0 Å². The van der Waals surface area contributed by atoms with Gasteiger partial charge in [0.15, 0.2) is 0 Å². The first-order valence-corrected chi connectivity index (χ1v) is 7.91. The van der Waals surface area contributed by atoms with Gasteiger partial charge < -0.3 is 16.0 Å². The second-order valence-corrected chi connectivity index (χ2v) is 5.71. The zero-order valence-electron chi connectivity index (χ0n) is 13.1. The van der Waals surface area contributed by atoms with E-state index in [2.05, 4.69) is 22.2 Å². The molecule has 2 rings (SSSR count). The molecular formula is C15H27N5O. The second kappa shape index (κ2) is 7.56. The Balaban J connectivity index is 1.95. The van der Waals surface area contributed by atoms with Crippen molar-refractivity contribution >= 4 is 5.91 Å². The summed E-state index contributed by atoms with van der Waals surface area (Å²) >= 11 is 0. The van der Waals surface area contributed by atoms with Gasteiger partial charge in [0.05, 0.1) is 11.8 Å². The van der Waals surface area contributed by atoms with Crippen LogP contribution in [0.2, 0.25) is 0 Å². The summed E-state index contributed by atoms with van der Waals surface area (Å²) in [5.74, 6) is -0.00514. The summed E-state index contributed by atoms with van der Waals surface area (Å²) in [6, 6.07) is 0.248. The maximum absolute atomic E-state index is 12.4. The van der Waals surface area contributed by atoms with Gasteiger partial charge in [0, 0.05) is 24.8 Å². The van der Waals surface area contributed by atoms with E-state index >= 15 is 0 Å². The van der Waals surface area contributed by atoms with Crippen molar-refractivity contribution in [2.45, 2.75) is 45.7 Å². The quantitative estimate of drug-likeness (QED) is 0.811. The number of aromatic nitrogens is 2. The number of hydrogen-bond donors (Lipinski definition) is 2. The van der Waals surface area contributed by atoms with Gasteiger partial charge in [0.25, 0.3) is 5.91 Å². The highest BCUT2D eigenvalue weighted by Crippen LogP contribution is 2.12. The summed E-state index contributed by atoms with van der Waals surface area (Å²) in [7, 11) is 0. The van der Waals surface area contributed by atoms with Crippen molar-refractivity contribution in [1.29, 1.82) is 0 Å². The number of nitrogens with one attached hydrogen (secondary N) is 1. The molecule has 1 aromatic heterocycles. The van der Waals surface area contributed by atoms with E-state index in [1.54, 1.807) is 6.20 Å². The van der Waals surface area contributed by atoms with Gasteiger partial charge in [-0.3, -0.25) is 9.48 Å². The van der Waals surface area contributed by atoms with E-state index in [0.29, 0.717) is 12.1 Å². The van der Waals surface area contributed by atoms with Crippen LogP contribution in [0.3, 0.4) is 0 Å². The Hall–Kier alpha value is -1.40. The molecule has 1 unspecified atom stereocenters. The molecule has 0 radical (unpaired) electrons. The van der Waals surface area contributed by atoms with Crippen molar-refractivity contribution in [1.82, 2.24) is 20.0 Å². The van der Waals surface area contributed by atoms with Crippen LogP contribution in [0.15, 0.2) is 6.20 Å². The van der Waals surface area contributed by atoms with Crippen molar-refractivity contribution in [3.05, 3.63) is 17.5 Å². The minimum absolute atomic E-state index is 0.00514. The van der Waals surface area contributed by atoms with Crippen LogP contribution in [0.1, 0.15) is 42.2 Å². The molecule has 1 aliphatic heterocycles. The Kier molecular flexibility index (Phi) is 5.76. The van der Waals surface area contributed by atoms with Crippen molar-refractivity contribution in [3.63, 3.8) is 0 Å². The fourth-order valence-electron chi connectivity index (χ4n) is 2.86. The predicted octanol–water partition coefficient (Wildman–Crippen LogP) is 0.754. The minimum Gasteiger partial charge on any atom is -0.348 e. The number of carbonyl (C=O) groups is 1. The maximum atomic E-state index is 12.4. The molecule has 1 aliphatic rings. The van der Waals surface area contributed by atoms with Crippen molar-refractivity contribution in [2.75, 3.05) is 26.2 Å². The van der Waals surface area contributed by atoms with Crippen molar-refractivity contribution in [2.24, 2.45) is 5.73 Å². The first kappa shape index (κ1) is 16.0. The fraction of sp³-hybridized carbons (Fsp3) is 0.733. The summed E-state index contributed by atoms with van der Waals surface area (Å²) in [4.78, 5) is 14.8. The van der Waals surface area contributed by atoms with Crippen LogP contribution in [0.25, 0.3) is 0 Å². The largest absolute Gasteiger partial charge is 0.348 e. The van der Waals surface area contributed by atoms with Crippen LogP contribution in [-0.4, -0.2) is 52.8 Å². The zero-order valence-corrected chi connectivity index (χ0v) is 13.1. The molecule has 1 amide bonds. The normalized spacial score (nSPS) is 19.7. The molecule has 2 heterocycles. The average molecular weight is 293 g/mol. The van der Waals surface area contributed by atoms with E-state index in [0.717, 1.165) is 51.1 Å². The Morgan fingerprint density at radius 2 is 2.38 bits per heavy atom. The van der Waals surface area contributed by atoms with Gasteiger partial charge in [0.1, 0.15) is 0 Å². The van der Waals surface area contributed by atoms with Crippen LogP contribution < -0.4 is 11.1 Å². The molecule has 1 aromatic rings.